The van der Waals surface area contributed by atoms with Crippen molar-refractivity contribution in [2.24, 2.45) is 5.92 Å². The van der Waals surface area contributed by atoms with Gasteiger partial charge in [-0.2, -0.15) is 5.10 Å². The summed E-state index contributed by atoms with van der Waals surface area (Å²) in [5, 5.41) is 4.94. The lowest BCUT2D eigenvalue weighted by molar-refractivity contribution is -0.133. The Labute approximate surface area is 189 Å². The number of imidazole rings is 1. The van der Waals surface area contributed by atoms with Crippen LogP contribution >= 0.6 is 0 Å². The molecule has 7 nitrogen and oxygen atoms in total. The van der Waals surface area contributed by atoms with E-state index in [1.54, 1.807) is 6.20 Å². The number of fused-ring (bicyclic) bond motifs is 1. The van der Waals surface area contributed by atoms with Crippen molar-refractivity contribution in [3.63, 3.8) is 0 Å². The first kappa shape index (κ1) is 20.9. The maximum Gasteiger partial charge on any atom is 0.223 e. The third kappa shape index (κ3) is 4.35. The Balaban J connectivity index is 1.34. The number of carbonyl (C=O) groups is 1. The van der Waals surface area contributed by atoms with Crippen LogP contribution in [-0.4, -0.2) is 61.6 Å². The molecular formula is C25H32N6O. The highest BCUT2D eigenvalue weighted by Crippen LogP contribution is 2.30. The van der Waals surface area contributed by atoms with Crippen molar-refractivity contribution in [2.75, 3.05) is 26.2 Å². The zero-order valence-corrected chi connectivity index (χ0v) is 18.8. The van der Waals surface area contributed by atoms with Gasteiger partial charge in [-0.25, -0.2) is 4.98 Å². The first-order chi connectivity index (χ1) is 15.7. The van der Waals surface area contributed by atoms with Crippen LogP contribution in [0.25, 0.3) is 11.5 Å². The number of hydrogen-bond donors (Lipinski definition) is 1. The third-order valence-corrected chi connectivity index (χ3v) is 7.00. The third-order valence-electron chi connectivity index (χ3n) is 7.00. The van der Waals surface area contributed by atoms with Gasteiger partial charge in [0.15, 0.2) is 5.82 Å². The molecule has 3 aromatic rings. The van der Waals surface area contributed by atoms with Crippen LogP contribution in [0, 0.1) is 5.92 Å². The predicted octanol–water partition coefficient (Wildman–Crippen LogP) is 3.33. The minimum atomic E-state index is 0.284. The van der Waals surface area contributed by atoms with Crippen LogP contribution in [0.5, 0.6) is 0 Å². The average molecular weight is 433 g/mol. The topological polar surface area (TPSA) is 70.1 Å². The molecule has 0 unspecified atom stereocenters. The van der Waals surface area contributed by atoms with E-state index in [9.17, 15) is 4.79 Å². The Morgan fingerprint density at radius 2 is 1.97 bits per heavy atom. The van der Waals surface area contributed by atoms with E-state index >= 15 is 0 Å². The summed E-state index contributed by atoms with van der Waals surface area (Å²) in [5.74, 6) is 1.57. The lowest BCUT2D eigenvalue weighted by Gasteiger charge is -2.33. The molecule has 0 aliphatic carbocycles. The van der Waals surface area contributed by atoms with E-state index in [-0.39, 0.29) is 5.91 Å². The van der Waals surface area contributed by atoms with Crippen LogP contribution in [0.4, 0.5) is 0 Å². The summed E-state index contributed by atoms with van der Waals surface area (Å²) in [4.78, 5) is 25.4. The van der Waals surface area contributed by atoms with Gasteiger partial charge < -0.3 is 14.8 Å². The molecule has 1 aromatic carbocycles. The molecule has 2 aromatic heterocycles. The van der Waals surface area contributed by atoms with Crippen molar-refractivity contribution in [3.8, 4) is 11.5 Å². The number of benzene rings is 1. The first-order valence-corrected chi connectivity index (χ1v) is 11.8. The molecule has 1 saturated heterocycles. The molecule has 1 fully saturated rings. The maximum atomic E-state index is 13.2. The fourth-order valence-electron chi connectivity index (χ4n) is 5.06. The summed E-state index contributed by atoms with van der Waals surface area (Å²) in [7, 11) is 0. The Morgan fingerprint density at radius 1 is 1.16 bits per heavy atom. The van der Waals surface area contributed by atoms with E-state index in [4.69, 9.17) is 5.10 Å². The largest absolute Gasteiger partial charge is 0.343 e. The minimum Gasteiger partial charge on any atom is -0.343 e. The Bertz CT molecular complexity index is 1030. The number of nitrogens with one attached hydrogen (secondary N) is 1. The minimum absolute atomic E-state index is 0.284. The number of aromatic amines is 1. The van der Waals surface area contributed by atoms with Gasteiger partial charge in [0.2, 0.25) is 5.91 Å². The SMILES string of the molecule is CCN1CCC(CC(=O)N2CCc3c(c(-c4ncc[nH]4)nn3Cc3ccccc3)C2)CC1. The zero-order chi connectivity index (χ0) is 21.9. The highest BCUT2D eigenvalue weighted by Gasteiger charge is 2.30. The highest BCUT2D eigenvalue weighted by molar-refractivity contribution is 5.77. The van der Waals surface area contributed by atoms with Crippen LogP contribution in [0.1, 0.15) is 43.0 Å². The lowest BCUT2D eigenvalue weighted by Crippen LogP contribution is -2.39. The van der Waals surface area contributed by atoms with Gasteiger partial charge in [-0.05, 0) is 44.0 Å². The van der Waals surface area contributed by atoms with E-state index in [0.717, 1.165) is 69.1 Å². The molecule has 4 heterocycles. The van der Waals surface area contributed by atoms with Crippen LogP contribution in [0.15, 0.2) is 42.7 Å². The van der Waals surface area contributed by atoms with Crippen molar-refractivity contribution in [2.45, 2.75) is 45.7 Å². The average Bonchev–Trinajstić information content (AvgIpc) is 3.48. The number of rotatable bonds is 6. The van der Waals surface area contributed by atoms with E-state index in [1.165, 1.54) is 11.3 Å². The summed E-state index contributed by atoms with van der Waals surface area (Å²) >= 11 is 0. The standard InChI is InChI=1S/C25H32N6O/c1-2-29-13-8-19(9-14-29)16-23(32)30-15-10-22-21(18-30)24(25-26-11-12-27-25)28-31(22)17-20-6-4-3-5-7-20/h3-7,11-12,19H,2,8-10,13-18H2,1H3,(H,26,27). The van der Waals surface area contributed by atoms with Crippen molar-refractivity contribution in [3.05, 3.63) is 59.5 Å². The number of hydrogen-bond acceptors (Lipinski definition) is 4. The van der Waals surface area contributed by atoms with E-state index < -0.39 is 0 Å². The molecule has 0 saturated carbocycles. The molecule has 0 atom stereocenters. The second-order valence-corrected chi connectivity index (χ2v) is 9.00. The van der Waals surface area contributed by atoms with Crippen molar-refractivity contribution in [1.29, 1.82) is 0 Å². The van der Waals surface area contributed by atoms with E-state index in [1.807, 2.05) is 17.2 Å². The maximum absolute atomic E-state index is 13.2. The summed E-state index contributed by atoms with van der Waals surface area (Å²) in [5.41, 5.74) is 4.45. The van der Waals surface area contributed by atoms with Crippen LogP contribution in [0.3, 0.4) is 0 Å². The van der Waals surface area contributed by atoms with Gasteiger partial charge in [-0.15, -0.1) is 0 Å². The number of nitrogens with zero attached hydrogens (tertiary/aromatic N) is 5. The predicted molar refractivity (Wildman–Crippen MR) is 124 cm³/mol. The van der Waals surface area contributed by atoms with E-state index in [2.05, 4.69) is 50.7 Å². The molecule has 1 amide bonds. The van der Waals surface area contributed by atoms with E-state index in [0.29, 0.717) is 18.9 Å². The number of piperidine rings is 1. The summed E-state index contributed by atoms with van der Waals surface area (Å²) in [6.07, 6.45) is 7.34. The van der Waals surface area contributed by atoms with Gasteiger partial charge in [0.05, 0.1) is 6.54 Å². The highest BCUT2D eigenvalue weighted by atomic mass is 16.2. The molecule has 1 N–H and O–H groups in total. The zero-order valence-electron chi connectivity index (χ0n) is 18.8. The molecule has 2 aliphatic heterocycles. The first-order valence-electron chi connectivity index (χ1n) is 11.8. The summed E-state index contributed by atoms with van der Waals surface area (Å²) in [6, 6.07) is 10.4. The number of H-pyrrole nitrogens is 1. The van der Waals surface area contributed by atoms with Gasteiger partial charge in [0.25, 0.3) is 0 Å². The normalized spacial score (nSPS) is 17.5. The second-order valence-electron chi connectivity index (χ2n) is 9.00. The molecule has 0 bridgehead atoms. The number of aromatic nitrogens is 4. The molecule has 0 spiro atoms. The van der Waals surface area contributed by atoms with Crippen LogP contribution in [-0.2, 0) is 24.3 Å². The number of amides is 1. The van der Waals surface area contributed by atoms with Crippen LogP contribution < -0.4 is 0 Å². The van der Waals surface area contributed by atoms with Gasteiger partial charge in [-0.3, -0.25) is 9.48 Å². The Morgan fingerprint density at radius 3 is 2.69 bits per heavy atom. The molecule has 0 radical (unpaired) electrons. The van der Waals surface area contributed by atoms with Crippen molar-refractivity contribution < 1.29 is 4.79 Å². The Hall–Kier alpha value is -2.93. The molecule has 2 aliphatic rings. The van der Waals surface area contributed by atoms with Gasteiger partial charge in [-0.1, -0.05) is 37.3 Å². The molecular weight excluding hydrogens is 400 g/mol. The Kier molecular flexibility index (Phi) is 6.08. The summed E-state index contributed by atoms with van der Waals surface area (Å²) in [6.45, 7) is 7.67. The van der Waals surface area contributed by atoms with Gasteiger partial charge in [0.1, 0.15) is 5.69 Å². The lowest BCUT2D eigenvalue weighted by atomic mass is 9.92. The van der Waals surface area contributed by atoms with Gasteiger partial charge in [0, 0.05) is 49.6 Å². The van der Waals surface area contributed by atoms with Crippen molar-refractivity contribution >= 4 is 5.91 Å². The van der Waals surface area contributed by atoms with Gasteiger partial charge >= 0.3 is 0 Å². The van der Waals surface area contributed by atoms with Crippen LogP contribution in [0.2, 0.25) is 0 Å². The van der Waals surface area contributed by atoms with Crippen molar-refractivity contribution in [1.82, 2.24) is 29.5 Å². The molecule has 7 heteroatoms. The quantitative estimate of drug-likeness (QED) is 0.649. The second kappa shape index (κ2) is 9.28. The smallest absolute Gasteiger partial charge is 0.223 e. The molecule has 168 valence electrons. The number of carbonyl (C=O) groups excluding carboxylic acids is 1. The molecule has 5 rings (SSSR count). The fraction of sp³-hybridized carbons (Fsp3) is 0.480. The monoisotopic (exact) mass is 432 g/mol. The summed E-state index contributed by atoms with van der Waals surface area (Å²) < 4.78 is 2.10. The molecule has 32 heavy (non-hydrogen) atoms. The fourth-order valence-corrected chi connectivity index (χ4v) is 5.06. The number of likely N-dealkylation sites (tertiary alicyclic amines) is 1.